The Morgan fingerprint density at radius 3 is 2.73 bits per heavy atom. The van der Waals surface area contributed by atoms with Gasteiger partial charge in [-0.15, -0.1) is 10.2 Å². The highest BCUT2D eigenvalue weighted by Gasteiger charge is 2.18. The Labute approximate surface area is 157 Å². The van der Waals surface area contributed by atoms with Gasteiger partial charge in [0.1, 0.15) is 10.7 Å². The number of methoxy groups -OCH3 is 1. The molecule has 0 aliphatic rings. The van der Waals surface area contributed by atoms with E-state index in [0.717, 1.165) is 11.8 Å². The maximum atomic E-state index is 11.5. The van der Waals surface area contributed by atoms with E-state index in [4.69, 9.17) is 20.8 Å². The molecule has 0 spiro atoms. The first kappa shape index (κ1) is 18.0. The third kappa shape index (κ3) is 4.22. The number of carboxylic acid groups (broad SMARTS) is 1. The summed E-state index contributed by atoms with van der Waals surface area (Å²) in [6.45, 7) is 0. The quantitative estimate of drug-likeness (QED) is 0.498. The number of rotatable bonds is 6. The van der Waals surface area contributed by atoms with E-state index in [-0.39, 0.29) is 16.0 Å². The van der Waals surface area contributed by atoms with Crippen molar-refractivity contribution in [3.8, 4) is 17.2 Å². The predicted molar refractivity (Wildman–Crippen MR) is 97.0 cm³/mol. The van der Waals surface area contributed by atoms with Gasteiger partial charge in [-0.05, 0) is 53.7 Å². The molecular weight excluding hydrogens is 378 g/mol. The van der Waals surface area contributed by atoms with Gasteiger partial charge in [0.05, 0.1) is 12.7 Å². The summed E-state index contributed by atoms with van der Waals surface area (Å²) in [7, 11) is 1.51. The van der Waals surface area contributed by atoms with Crippen LogP contribution >= 0.6 is 23.4 Å². The van der Waals surface area contributed by atoms with E-state index in [1.54, 1.807) is 42.7 Å². The summed E-state index contributed by atoms with van der Waals surface area (Å²) in [4.78, 5) is 15.4. The van der Waals surface area contributed by atoms with E-state index >= 15 is 0 Å². The highest BCUT2D eigenvalue weighted by Crippen LogP contribution is 2.34. The number of nitrogens with zero attached hydrogens (tertiary/aromatic N) is 3. The van der Waals surface area contributed by atoms with E-state index in [2.05, 4.69) is 15.2 Å². The molecule has 132 valence electrons. The van der Waals surface area contributed by atoms with Crippen molar-refractivity contribution in [2.24, 2.45) is 0 Å². The zero-order chi connectivity index (χ0) is 18.5. The van der Waals surface area contributed by atoms with Crippen LogP contribution in [0, 0.1) is 0 Å². The number of hydrogen-bond acceptors (Lipinski definition) is 7. The molecule has 0 atom stereocenters. The number of carbonyl (C=O) groups is 1. The van der Waals surface area contributed by atoms with Crippen molar-refractivity contribution >= 4 is 35.4 Å². The molecule has 0 bridgehead atoms. The molecule has 1 N–H and O–H groups in total. The van der Waals surface area contributed by atoms with Gasteiger partial charge in [-0.1, -0.05) is 11.6 Å². The Morgan fingerprint density at radius 1 is 1.27 bits per heavy atom. The van der Waals surface area contributed by atoms with Gasteiger partial charge in [0.15, 0.2) is 0 Å². The van der Waals surface area contributed by atoms with E-state index in [1.165, 1.54) is 13.2 Å². The van der Waals surface area contributed by atoms with Gasteiger partial charge < -0.3 is 14.3 Å². The minimum absolute atomic E-state index is 0.0319. The fraction of sp³-hybridized carbons (Fsp3) is 0.0588. The maximum Gasteiger partial charge on any atom is 0.342 e. The van der Waals surface area contributed by atoms with E-state index in [0.29, 0.717) is 21.9 Å². The van der Waals surface area contributed by atoms with Gasteiger partial charge in [0.25, 0.3) is 11.1 Å². The Hall–Kier alpha value is -2.84. The zero-order valence-electron chi connectivity index (χ0n) is 13.4. The molecule has 0 saturated carbocycles. The highest BCUT2D eigenvalue weighted by molar-refractivity contribution is 8.03. The Bertz CT molecular complexity index is 960. The summed E-state index contributed by atoms with van der Waals surface area (Å²) in [5, 5.41) is 17.8. The van der Waals surface area contributed by atoms with Crippen molar-refractivity contribution in [2.75, 3.05) is 7.11 Å². The number of pyridine rings is 1. The van der Waals surface area contributed by atoms with E-state index < -0.39 is 5.97 Å². The fourth-order valence-corrected chi connectivity index (χ4v) is 2.89. The van der Waals surface area contributed by atoms with Crippen molar-refractivity contribution in [1.29, 1.82) is 0 Å². The Kier molecular flexibility index (Phi) is 5.55. The molecule has 1 aromatic carbocycles. The molecule has 0 aliphatic heterocycles. The lowest BCUT2D eigenvalue weighted by molar-refractivity contribution is -0.131. The first-order valence-electron chi connectivity index (χ1n) is 7.27. The van der Waals surface area contributed by atoms with Crippen LogP contribution in [0.15, 0.2) is 57.3 Å². The second kappa shape index (κ2) is 8.03. The lowest BCUT2D eigenvalue weighted by Gasteiger charge is -2.04. The monoisotopic (exact) mass is 389 g/mol. The van der Waals surface area contributed by atoms with Crippen molar-refractivity contribution < 1.29 is 19.1 Å². The molecule has 3 rings (SSSR count). The van der Waals surface area contributed by atoms with Crippen molar-refractivity contribution in [3.05, 3.63) is 58.2 Å². The SMILES string of the molecule is COc1ccc(Cl)cc1-c1nnc(S/C(=C\c2ccncc2)C(=O)O)o1. The first-order chi connectivity index (χ1) is 12.6. The van der Waals surface area contributed by atoms with Crippen LogP contribution in [0.2, 0.25) is 5.02 Å². The second-order valence-corrected chi connectivity index (χ2v) is 6.34. The topological polar surface area (TPSA) is 98.3 Å². The maximum absolute atomic E-state index is 11.5. The smallest absolute Gasteiger partial charge is 0.342 e. The molecule has 0 radical (unpaired) electrons. The van der Waals surface area contributed by atoms with Crippen LogP contribution in [0.1, 0.15) is 5.56 Å². The van der Waals surface area contributed by atoms with Crippen molar-refractivity contribution in [3.63, 3.8) is 0 Å². The summed E-state index contributed by atoms with van der Waals surface area (Å²) in [5.41, 5.74) is 1.22. The number of carboxylic acids is 1. The summed E-state index contributed by atoms with van der Waals surface area (Å²) >= 11 is 6.86. The number of halogens is 1. The molecular formula is C17H12ClN3O4S. The van der Waals surface area contributed by atoms with Crippen LogP contribution in [0.25, 0.3) is 17.5 Å². The van der Waals surface area contributed by atoms with Crippen molar-refractivity contribution in [2.45, 2.75) is 5.22 Å². The summed E-state index contributed by atoms with van der Waals surface area (Å²) in [5.74, 6) is -0.409. The van der Waals surface area contributed by atoms with Crippen LogP contribution in [0.5, 0.6) is 5.75 Å². The number of ether oxygens (including phenoxy) is 1. The standard InChI is InChI=1S/C17H12ClN3O4S/c1-24-13-3-2-11(18)9-12(13)15-20-21-17(25-15)26-14(16(22)23)8-10-4-6-19-7-5-10/h2-9H,1H3,(H,22,23)/b14-8-. The van der Waals surface area contributed by atoms with Gasteiger partial charge in [0.2, 0.25) is 0 Å². The summed E-state index contributed by atoms with van der Waals surface area (Å²) in [6.07, 6.45) is 4.65. The lowest BCUT2D eigenvalue weighted by atomic mass is 10.2. The molecule has 9 heteroatoms. The zero-order valence-corrected chi connectivity index (χ0v) is 15.0. The number of aliphatic carboxylic acids is 1. The average Bonchev–Trinajstić information content (AvgIpc) is 3.10. The van der Waals surface area contributed by atoms with E-state index in [1.807, 2.05) is 0 Å². The van der Waals surface area contributed by atoms with Crippen molar-refractivity contribution in [1.82, 2.24) is 15.2 Å². The normalized spacial score (nSPS) is 11.4. The lowest BCUT2D eigenvalue weighted by Crippen LogP contribution is -1.96. The molecule has 0 unspecified atom stereocenters. The van der Waals surface area contributed by atoms with Crippen LogP contribution < -0.4 is 4.74 Å². The molecule has 2 aromatic heterocycles. The first-order valence-corrected chi connectivity index (χ1v) is 8.46. The molecule has 0 fully saturated rings. The Morgan fingerprint density at radius 2 is 2.04 bits per heavy atom. The molecule has 7 nitrogen and oxygen atoms in total. The second-order valence-electron chi connectivity index (χ2n) is 4.91. The summed E-state index contributed by atoms with van der Waals surface area (Å²) in [6, 6.07) is 8.38. The molecule has 0 amide bonds. The van der Waals surface area contributed by atoms with Gasteiger partial charge >= 0.3 is 5.97 Å². The predicted octanol–water partition coefficient (Wildman–Crippen LogP) is 4.01. The minimum atomic E-state index is -1.10. The highest BCUT2D eigenvalue weighted by atomic mass is 35.5. The minimum Gasteiger partial charge on any atom is -0.496 e. The largest absolute Gasteiger partial charge is 0.496 e. The number of thioether (sulfide) groups is 1. The number of aromatic nitrogens is 3. The molecule has 0 saturated heterocycles. The van der Waals surface area contributed by atoms with Crippen LogP contribution in [-0.4, -0.2) is 33.4 Å². The number of benzene rings is 1. The number of hydrogen-bond donors (Lipinski definition) is 1. The van der Waals surface area contributed by atoms with Gasteiger partial charge in [-0.3, -0.25) is 4.98 Å². The molecule has 2 heterocycles. The molecule has 3 aromatic rings. The van der Waals surface area contributed by atoms with Gasteiger partial charge in [0, 0.05) is 17.4 Å². The van der Waals surface area contributed by atoms with Crippen LogP contribution in [0.4, 0.5) is 0 Å². The Balaban J connectivity index is 1.89. The van der Waals surface area contributed by atoms with Crippen LogP contribution in [0.3, 0.4) is 0 Å². The van der Waals surface area contributed by atoms with Crippen LogP contribution in [-0.2, 0) is 4.79 Å². The van der Waals surface area contributed by atoms with E-state index in [9.17, 15) is 9.90 Å². The molecule has 0 aliphatic carbocycles. The fourth-order valence-electron chi connectivity index (χ4n) is 2.05. The third-order valence-electron chi connectivity index (χ3n) is 3.21. The van der Waals surface area contributed by atoms with Gasteiger partial charge in [-0.25, -0.2) is 4.79 Å². The average molecular weight is 390 g/mol. The third-order valence-corrected chi connectivity index (χ3v) is 4.30. The molecule has 26 heavy (non-hydrogen) atoms. The summed E-state index contributed by atoms with van der Waals surface area (Å²) < 4.78 is 10.8. The van der Waals surface area contributed by atoms with Gasteiger partial charge in [-0.2, -0.15) is 0 Å².